The molecule has 0 heterocycles. The van der Waals surface area contributed by atoms with Crippen LogP contribution >= 0.6 is 0 Å². The summed E-state index contributed by atoms with van der Waals surface area (Å²) in [6.45, 7) is 5.13. The van der Waals surface area contributed by atoms with Crippen LogP contribution in [0.4, 0.5) is 0 Å². The van der Waals surface area contributed by atoms with Gasteiger partial charge in [0.05, 0.1) is 12.5 Å². The summed E-state index contributed by atoms with van der Waals surface area (Å²) in [7, 11) is 0. The molecule has 6 nitrogen and oxygen atoms in total. The predicted molar refractivity (Wildman–Crippen MR) is 56.7 cm³/mol. The lowest BCUT2D eigenvalue weighted by Crippen LogP contribution is -2.35. The quantitative estimate of drug-likeness (QED) is 0.571. The second-order valence-corrected chi connectivity index (χ2v) is 4.62. The smallest absolute Gasteiger partial charge is 0.320 e. The van der Waals surface area contributed by atoms with Gasteiger partial charge in [-0.3, -0.25) is 9.59 Å². The Morgan fingerprint density at radius 3 is 2.25 bits per heavy atom. The summed E-state index contributed by atoms with van der Waals surface area (Å²) < 4.78 is 4.96. The van der Waals surface area contributed by atoms with Gasteiger partial charge in [-0.1, -0.05) is 0 Å². The summed E-state index contributed by atoms with van der Waals surface area (Å²) in [5.74, 6) is -1.78. The van der Waals surface area contributed by atoms with E-state index in [1.807, 2.05) is 0 Å². The Morgan fingerprint density at radius 1 is 1.38 bits per heavy atom. The van der Waals surface area contributed by atoms with Crippen LogP contribution in [0.15, 0.2) is 0 Å². The van der Waals surface area contributed by atoms with Gasteiger partial charge in [-0.2, -0.15) is 0 Å². The van der Waals surface area contributed by atoms with E-state index in [1.54, 1.807) is 20.8 Å². The summed E-state index contributed by atoms with van der Waals surface area (Å²) in [5, 5.41) is 17.9. The van der Waals surface area contributed by atoms with E-state index in [-0.39, 0.29) is 12.8 Å². The number of aliphatic hydroxyl groups is 1. The number of hydrogen-bond acceptors (Lipinski definition) is 5. The number of esters is 1. The minimum atomic E-state index is -1.21. The van der Waals surface area contributed by atoms with Gasteiger partial charge >= 0.3 is 11.9 Å². The molecule has 0 aromatic carbocycles. The minimum Gasteiger partial charge on any atom is -0.480 e. The van der Waals surface area contributed by atoms with Crippen LogP contribution in [0.3, 0.4) is 0 Å². The maximum absolute atomic E-state index is 11.2. The van der Waals surface area contributed by atoms with Crippen molar-refractivity contribution in [3.8, 4) is 0 Å². The number of hydrogen-bond donors (Lipinski definition) is 3. The van der Waals surface area contributed by atoms with Crippen molar-refractivity contribution in [3.05, 3.63) is 0 Å². The monoisotopic (exact) mass is 233 g/mol. The van der Waals surface area contributed by atoms with Crippen molar-refractivity contribution in [2.75, 3.05) is 0 Å². The molecule has 6 heteroatoms. The molecule has 2 atom stereocenters. The number of aliphatic carboxylic acids is 1. The molecule has 0 rings (SSSR count). The van der Waals surface area contributed by atoms with Crippen LogP contribution < -0.4 is 5.73 Å². The Bertz CT molecular complexity index is 258. The van der Waals surface area contributed by atoms with E-state index >= 15 is 0 Å². The summed E-state index contributed by atoms with van der Waals surface area (Å²) in [6, 6.07) is -1.17. The number of rotatable bonds is 5. The first kappa shape index (κ1) is 14.9. The van der Waals surface area contributed by atoms with Gasteiger partial charge < -0.3 is 20.7 Å². The van der Waals surface area contributed by atoms with Gasteiger partial charge in [0.2, 0.25) is 0 Å². The second kappa shape index (κ2) is 5.81. The Morgan fingerprint density at radius 2 is 1.88 bits per heavy atom. The van der Waals surface area contributed by atoms with E-state index in [0.717, 1.165) is 0 Å². The van der Waals surface area contributed by atoms with Crippen molar-refractivity contribution in [2.24, 2.45) is 5.73 Å². The van der Waals surface area contributed by atoms with Crippen molar-refractivity contribution in [1.82, 2.24) is 0 Å². The highest BCUT2D eigenvalue weighted by Gasteiger charge is 2.22. The number of ether oxygens (including phenoxy) is 1. The van der Waals surface area contributed by atoms with Crippen LogP contribution in [0.2, 0.25) is 0 Å². The Hall–Kier alpha value is -1.14. The third-order valence-corrected chi connectivity index (χ3v) is 1.67. The zero-order valence-electron chi connectivity index (χ0n) is 9.77. The minimum absolute atomic E-state index is 0.172. The fourth-order valence-electron chi connectivity index (χ4n) is 1.05. The molecule has 0 fully saturated rings. The largest absolute Gasteiger partial charge is 0.480 e. The third-order valence-electron chi connectivity index (χ3n) is 1.67. The SMILES string of the molecule is CC(C)(C)OC(=O)CC(O)CC(N)C(=O)O. The zero-order chi connectivity index (χ0) is 12.9. The molecular weight excluding hydrogens is 214 g/mol. The number of carbonyl (C=O) groups excluding carboxylic acids is 1. The molecule has 0 saturated heterocycles. The Kier molecular flexibility index (Phi) is 5.40. The summed E-state index contributed by atoms with van der Waals surface area (Å²) in [5.41, 5.74) is 4.59. The highest BCUT2D eigenvalue weighted by Crippen LogP contribution is 2.10. The van der Waals surface area contributed by atoms with E-state index in [0.29, 0.717) is 0 Å². The van der Waals surface area contributed by atoms with E-state index in [4.69, 9.17) is 15.6 Å². The maximum Gasteiger partial charge on any atom is 0.320 e. The molecule has 0 aromatic rings. The average Bonchev–Trinajstić information content (AvgIpc) is 1.98. The molecule has 0 aliphatic rings. The first-order valence-electron chi connectivity index (χ1n) is 5.00. The fourth-order valence-corrected chi connectivity index (χ4v) is 1.05. The molecule has 0 aliphatic heterocycles. The summed E-state index contributed by atoms with van der Waals surface area (Å²) in [4.78, 5) is 21.6. The van der Waals surface area contributed by atoms with Gasteiger partial charge in [0.15, 0.2) is 0 Å². The van der Waals surface area contributed by atoms with Crippen molar-refractivity contribution in [3.63, 3.8) is 0 Å². The molecule has 0 saturated carbocycles. The summed E-state index contributed by atoms with van der Waals surface area (Å²) in [6.07, 6.45) is -1.52. The van der Waals surface area contributed by atoms with E-state index in [1.165, 1.54) is 0 Å². The van der Waals surface area contributed by atoms with Crippen LogP contribution in [-0.4, -0.2) is 39.9 Å². The van der Waals surface area contributed by atoms with Crippen LogP contribution in [0.5, 0.6) is 0 Å². The van der Waals surface area contributed by atoms with E-state index in [9.17, 15) is 14.7 Å². The number of aliphatic hydroxyl groups excluding tert-OH is 1. The lowest BCUT2D eigenvalue weighted by Gasteiger charge is -2.21. The summed E-state index contributed by atoms with van der Waals surface area (Å²) >= 11 is 0. The molecule has 0 bridgehead atoms. The standard InChI is InChI=1S/C10H19NO5/c1-10(2,3)16-8(13)5-6(12)4-7(11)9(14)15/h6-7,12H,4-5,11H2,1-3H3,(H,14,15). The number of nitrogens with two attached hydrogens (primary N) is 1. The number of carboxylic acid groups (broad SMARTS) is 1. The first-order valence-corrected chi connectivity index (χ1v) is 5.00. The fraction of sp³-hybridized carbons (Fsp3) is 0.800. The van der Waals surface area contributed by atoms with Gasteiger partial charge in [-0.15, -0.1) is 0 Å². The molecule has 2 unspecified atom stereocenters. The van der Waals surface area contributed by atoms with Crippen molar-refractivity contribution < 1.29 is 24.5 Å². The van der Waals surface area contributed by atoms with Crippen LogP contribution in [-0.2, 0) is 14.3 Å². The van der Waals surface area contributed by atoms with Gasteiger partial charge in [-0.05, 0) is 27.2 Å². The molecule has 0 radical (unpaired) electrons. The average molecular weight is 233 g/mol. The molecule has 0 aliphatic carbocycles. The molecule has 0 amide bonds. The molecule has 4 N–H and O–H groups in total. The maximum atomic E-state index is 11.2. The lowest BCUT2D eigenvalue weighted by molar-refractivity contribution is -0.157. The van der Waals surface area contributed by atoms with Gasteiger partial charge in [0.25, 0.3) is 0 Å². The van der Waals surface area contributed by atoms with Crippen LogP contribution in [0.1, 0.15) is 33.6 Å². The van der Waals surface area contributed by atoms with Crippen molar-refractivity contribution in [1.29, 1.82) is 0 Å². The molecule has 0 spiro atoms. The lowest BCUT2D eigenvalue weighted by atomic mass is 10.1. The normalized spacial score (nSPS) is 15.3. The second-order valence-electron chi connectivity index (χ2n) is 4.62. The highest BCUT2D eigenvalue weighted by atomic mass is 16.6. The topological polar surface area (TPSA) is 110 Å². The first-order chi connectivity index (χ1) is 7.11. The van der Waals surface area contributed by atoms with Gasteiger partial charge in [-0.25, -0.2) is 0 Å². The van der Waals surface area contributed by atoms with Gasteiger partial charge in [0.1, 0.15) is 11.6 Å². The van der Waals surface area contributed by atoms with Gasteiger partial charge in [0, 0.05) is 0 Å². The van der Waals surface area contributed by atoms with Crippen molar-refractivity contribution >= 4 is 11.9 Å². The highest BCUT2D eigenvalue weighted by molar-refractivity contribution is 5.73. The zero-order valence-corrected chi connectivity index (χ0v) is 9.77. The molecule has 0 aromatic heterocycles. The number of carbonyl (C=O) groups is 2. The number of carboxylic acids is 1. The van der Waals surface area contributed by atoms with E-state index in [2.05, 4.69) is 0 Å². The molecule has 94 valence electrons. The van der Waals surface area contributed by atoms with Crippen molar-refractivity contribution in [2.45, 2.75) is 51.4 Å². The third kappa shape index (κ3) is 7.19. The predicted octanol–water partition coefficient (Wildman–Crippen LogP) is -0.119. The van der Waals surface area contributed by atoms with Crippen LogP contribution in [0.25, 0.3) is 0 Å². The molecule has 16 heavy (non-hydrogen) atoms. The molecular formula is C10H19NO5. The Balaban J connectivity index is 4.01. The van der Waals surface area contributed by atoms with Crippen LogP contribution in [0, 0.1) is 0 Å². The Labute approximate surface area is 94.4 Å². The van der Waals surface area contributed by atoms with E-state index < -0.39 is 29.7 Å².